The molecule has 138 valence electrons. The fourth-order valence-corrected chi connectivity index (χ4v) is 3.41. The van der Waals surface area contributed by atoms with Crippen LogP contribution in [0.5, 0.6) is 11.5 Å². The molecule has 26 heavy (non-hydrogen) atoms. The van der Waals surface area contributed by atoms with Crippen molar-refractivity contribution in [2.75, 3.05) is 20.9 Å². The van der Waals surface area contributed by atoms with Crippen LogP contribution in [-0.2, 0) is 21.4 Å². The third-order valence-corrected chi connectivity index (χ3v) is 5.88. The van der Waals surface area contributed by atoms with Crippen LogP contribution in [0.25, 0.3) is 0 Å². The second kappa shape index (κ2) is 7.14. The number of hydrogen-bond acceptors (Lipinski definition) is 6. The lowest BCUT2D eigenvalue weighted by atomic mass is 10.2. The Labute approximate surface area is 156 Å². The molecule has 0 saturated heterocycles. The first-order chi connectivity index (χ1) is 12.3. The van der Waals surface area contributed by atoms with Crippen molar-refractivity contribution in [1.29, 1.82) is 0 Å². The fourth-order valence-electron chi connectivity index (χ4n) is 2.29. The third-order valence-electron chi connectivity index (χ3n) is 3.74. The first-order valence-electron chi connectivity index (χ1n) is 7.57. The van der Waals surface area contributed by atoms with Crippen LogP contribution >= 0.6 is 11.6 Å². The van der Waals surface area contributed by atoms with Gasteiger partial charge in [0.15, 0.2) is 11.5 Å². The lowest BCUT2D eigenvalue weighted by Gasteiger charge is -2.13. The van der Waals surface area contributed by atoms with E-state index in [9.17, 15) is 13.2 Å². The molecule has 7 nitrogen and oxygen atoms in total. The molecule has 0 bridgehead atoms. The summed E-state index contributed by atoms with van der Waals surface area (Å²) in [6, 6.07) is 9.09. The summed E-state index contributed by atoms with van der Waals surface area (Å²) >= 11 is 6.03. The van der Waals surface area contributed by atoms with Gasteiger partial charge in [0.25, 0.3) is 0 Å². The number of halogens is 1. The van der Waals surface area contributed by atoms with Gasteiger partial charge in [-0.15, -0.1) is 0 Å². The molecule has 9 heteroatoms. The van der Waals surface area contributed by atoms with Gasteiger partial charge in [-0.05, 0) is 35.9 Å². The van der Waals surface area contributed by atoms with E-state index in [1.807, 2.05) is 0 Å². The van der Waals surface area contributed by atoms with Gasteiger partial charge in [-0.3, -0.25) is 0 Å². The summed E-state index contributed by atoms with van der Waals surface area (Å²) in [7, 11) is -0.878. The average molecular weight is 398 g/mol. The summed E-state index contributed by atoms with van der Waals surface area (Å²) in [4.78, 5) is 12.3. The van der Waals surface area contributed by atoms with Crippen LogP contribution in [0, 0.1) is 0 Å². The maximum Gasteiger partial charge on any atom is 0.340 e. The highest BCUT2D eigenvalue weighted by molar-refractivity contribution is 7.89. The average Bonchev–Trinajstić information content (AvgIpc) is 3.07. The largest absolute Gasteiger partial charge is 0.457 e. The van der Waals surface area contributed by atoms with Gasteiger partial charge >= 0.3 is 5.97 Å². The Hall–Kier alpha value is -2.29. The van der Waals surface area contributed by atoms with Gasteiger partial charge in [0.05, 0.1) is 15.5 Å². The zero-order valence-corrected chi connectivity index (χ0v) is 15.6. The predicted molar refractivity (Wildman–Crippen MR) is 94.0 cm³/mol. The van der Waals surface area contributed by atoms with Crippen molar-refractivity contribution in [2.45, 2.75) is 11.5 Å². The van der Waals surface area contributed by atoms with E-state index >= 15 is 0 Å². The zero-order valence-electron chi connectivity index (χ0n) is 14.1. The molecule has 2 aromatic carbocycles. The van der Waals surface area contributed by atoms with Crippen molar-refractivity contribution in [1.82, 2.24) is 4.31 Å². The molecule has 0 saturated carbocycles. The number of carbonyl (C=O) groups excluding carboxylic acids is 1. The first-order valence-corrected chi connectivity index (χ1v) is 9.38. The molecule has 0 aromatic heterocycles. The van der Waals surface area contributed by atoms with Crippen LogP contribution < -0.4 is 9.47 Å². The number of ether oxygens (including phenoxy) is 3. The Morgan fingerprint density at radius 2 is 1.88 bits per heavy atom. The highest BCUT2D eigenvalue weighted by atomic mass is 35.5. The summed E-state index contributed by atoms with van der Waals surface area (Å²) in [5.41, 5.74) is 0.686. The smallest absolute Gasteiger partial charge is 0.340 e. The number of fused-ring (bicyclic) bond motifs is 1. The minimum atomic E-state index is -3.69. The van der Waals surface area contributed by atoms with E-state index in [1.165, 1.54) is 32.3 Å². The van der Waals surface area contributed by atoms with Crippen molar-refractivity contribution in [3.05, 3.63) is 52.5 Å². The zero-order chi connectivity index (χ0) is 18.9. The molecular formula is C17H16ClNO6S. The summed E-state index contributed by atoms with van der Waals surface area (Å²) < 4.78 is 41.2. The first kappa shape index (κ1) is 18.5. The number of benzene rings is 2. The molecule has 1 aliphatic rings. The van der Waals surface area contributed by atoms with E-state index in [1.54, 1.807) is 18.2 Å². The van der Waals surface area contributed by atoms with Gasteiger partial charge in [-0.2, -0.15) is 0 Å². The second-order valence-electron chi connectivity index (χ2n) is 5.69. The fraction of sp³-hybridized carbons (Fsp3) is 0.235. The molecule has 2 aromatic rings. The molecule has 1 heterocycles. The second-order valence-corrected chi connectivity index (χ2v) is 8.25. The van der Waals surface area contributed by atoms with Gasteiger partial charge in [-0.1, -0.05) is 17.7 Å². The highest BCUT2D eigenvalue weighted by Crippen LogP contribution is 2.32. The van der Waals surface area contributed by atoms with Crippen LogP contribution in [0.4, 0.5) is 0 Å². The van der Waals surface area contributed by atoms with Crippen LogP contribution in [0.15, 0.2) is 41.3 Å². The number of sulfonamides is 1. The molecule has 0 amide bonds. The summed E-state index contributed by atoms with van der Waals surface area (Å²) in [5, 5.41) is 0.110. The van der Waals surface area contributed by atoms with E-state index in [4.69, 9.17) is 25.8 Å². The van der Waals surface area contributed by atoms with Crippen molar-refractivity contribution >= 4 is 27.6 Å². The van der Waals surface area contributed by atoms with Crippen molar-refractivity contribution in [3.63, 3.8) is 0 Å². The molecule has 0 aliphatic carbocycles. The lowest BCUT2D eigenvalue weighted by molar-refractivity contribution is 0.0472. The molecule has 3 rings (SSSR count). The predicted octanol–water partition coefficient (Wildman–Crippen LogP) is 2.68. The molecule has 0 fully saturated rings. The van der Waals surface area contributed by atoms with Crippen LogP contribution in [0.2, 0.25) is 5.02 Å². The van der Waals surface area contributed by atoms with Gasteiger partial charge in [0.1, 0.15) is 6.61 Å². The third kappa shape index (κ3) is 3.62. The number of rotatable bonds is 5. The molecule has 0 N–H and O–H groups in total. The molecule has 0 radical (unpaired) electrons. The SMILES string of the molecule is CN(C)S(=O)(=O)c1ccc(Cl)c(C(=O)OCc2ccc3c(c2)OCO3)c1. The highest BCUT2D eigenvalue weighted by Gasteiger charge is 2.22. The molecular weight excluding hydrogens is 382 g/mol. The minimum Gasteiger partial charge on any atom is -0.457 e. The maximum absolute atomic E-state index is 12.4. The number of esters is 1. The number of hydrogen-bond donors (Lipinski definition) is 0. The monoisotopic (exact) mass is 397 g/mol. The summed E-state index contributed by atoms with van der Waals surface area (Å²) in [6.45, 7) is 0.137. The molecule has 0 spiro atoms. The maximum atomic E-state index is 12.4. The van der Waals surface area contributed by atoms with Gasteiger partial charge in [-0.25, -0.2) is 17.5 Å². The van der Waals surface area contributed by atoms with Gasteiger partial charge in [0.2, 0.25) is 16.8 Å². The topological polar surface area (TPSA) is 82.1 Å². The van der Waals surface area contributed by atoms with E-state index in [2.05, 4.69) is 0 Å². The van der Waals surface area contributed by atoms with E-state index in [0.717, 1.165) is 4.31 Å². The summed E-state index contributed by atoms with van der Waals surface area (Å²) in [6.07, 6.45) is 0. The minimum absolute atomic E-state index is 0.0174. The molecule has 0 atom stereocenters. The van der Waals surface area contributed by atoms with Crippen LogP contribution in [0.3, 0.4) is 0 Å². The van der Waals surface area contributed by atoms with Crippen molar-refractivity contribution in [3.8, 4) is 11.5 Å². The Morgan fingerprint density at radius 1 is 1.15 bits per heavy atom. The molecule has 1 aliphatic heterocycles. The van der Waals surface area contributed by atoms with Crippen molar-refractivity contribution < 1.29 is 27.4 Å². The quantitative estimate of drug-likeness (QED) is 0.721. The van der Waals surface area contributed by atoms with Crippen LogP contribution in [-0.4, -0.2) is 39.6 Å². The van der Waals surface area contributed by atoms with Crippen LogP contribution in [0.1, 0.15) is 15.9 Å². The Balaban J connectivity index is 1.77. The Morgan fingerprint density at radius 3 is 2.62 bits per heavy atom. The normalized spacial score (nSPS) is 13.1. The summed E-state index contributed by atoms with van der Waals surface area (Å²) in [5.74, 6) is 0.490. The number of nitrogens with zero attached hydrogens (tertiary/aromatic N) is 1. The van der Waals surface area contributed by atoms with E-state index in [0.29, 0.717) is 17.1 Å². The van der Waals surface area contributed by atoms with E-state index < -0.39 is 16.0 Å². The van der Waals surface area contributed by atoms with Crippen molar-refractivity contribution in [2.24, 2.45) is 0 Å². The molecule has 0 unspecified atom stereocenters. The lowest BCUT2D eigenvalue weighted by Crippen LogP contribution is -2.22. The van der Waals surface area contributed by atoms with E-state index in [-0.39, 0.29) is 28.9 Å². The number of carbonyl (C=O) groups is 1. The van der Waals surface area contributed by atoms with Gasteiger partial charge < -0.3 is 14.2 Å². The van der Waals surface area contributed by atoms with Gasteiger partial charge in [0, 0.05) is 14.1 Å². The standard InChI is InChI=1S/C17H16ClNO6S/c1-19(2)26(21,22)12-4-5-14(18)13(8-12)17(20)23-9-11-3-6-15-16(7-11)25-10-24-15/h3-8H,9-10H2,1-2H3. The Bertz CT molecular complexity index is 958. The Kier molecular flexibility index (Phi) is 5.08.